The van der Waals surface area contributed by atoms with Crippen molar-refractivity contribution in [3.05, 3.63) is 34.4 Å². The summed E-state index contributed by atoms with van der Waals surface area (Å²) in [6.45, 7) is 1.58. The second kappa shape index (κ2) is 3.64. The predicted octanol–water partition coefficient (Wildman–Crippen LogP) is 2.10. The van der Waals surface area contributed by atoms with E-state index in [2.05, 4.69) is 4.74 Å². The van der Waals surface area contributed by atoms with Crippen molar-refractivity contribution in [2.24, 2.45) is 0 Å². The maximum atomic E-state index is 11.7. The van der Waals surface area contributed by atoms with E-state index in [-0.39, 0.29) is 11.7 Å². The Labute approximate surface area is 94.9 Å². The molecule has 0 amide bonds. The van der Waals surface area contributed by atoms with Gasteiger partial charge in [0.1, 0.15) is 0 Å². The van der Waals surface area contributed by atoms with Gasteiger partial charge >= 0.3 is 6.16 Å². The fourth-order valence-electron chi connectivity index (χ4n) is 1.40. The zero-order valence-electron chi connectivity index (χ0n) is 8.30. The summed E-state index contributed by atoms with van der Waals surface area (Å²) in [5, 5.41) is 12.0. The molecule has 2 heterocycles. The van der Waals surface area contributed by atoms with Gasteiger partial charge < -0.3 is 14.6 Å². The summed E-state index contributed by atoms with van der Waals surface area (Å²) in [4.78, 5) is 22.0. The average Bonchev–Trinajstić information content (AvgIpc) is 2.75. The van der Waals surface area contributed by atoms with Crippen molar-refractivity contribution in [3.63, 3.8) is 0 Å². The van der Waals surface area contributed by atoms with Gasteiger partial charge in [-0.2, -0.15) is 11.3 Å². The topological polar surface area (TPSA) is 72.8 Å². The minimum absolute atomic E-state index is 0.286. The van der Waals surface area contributed by atoms with Gasteiger partial charge in [-0.1, -0.05) is 0 Å². The second-order valence-corrected chi connectivity index (χ2v) is 4.12. The van der Waals surface area contributed by atoms with Crippen LogP contribution in [0.5, 0.6) is 0 Å². The number of thiophene rings is 1. The molecule has 1 aliphatic heterocycles. The van der Waals surface area contributed by atoms with Crippen LogP contribution in [0.15, 0.2) is 28.8 Å². The van der Waals surface area contributed by atoms with Gasteiger partial charge in [-0.05, 0) is 23.8 Å². The van der Waals surface area contributed by atoms with Crippen molar-refractivity contribution in [2.75, 3.05) is 0 Å². The third-order valence-electron chi connectivity index (χ3n) is 2.28. The van der Waals surface area contributed by atoms with Gasteiger partial charge in [0.05, 0.1) is 6.08 Å². The predicted molar refractivity (Wildman–Crippen MR) is 55.0 cm³/mol. The molecule has 5 nitrogen and oxygen atoms in total. The summed E-state index contributed by atoms with van der Waals surface area (Å²) >= 11 is 1.43. The maximum absolute atomic E-state index is 11.7. The lowest BCUT2D eigenvalue weighted by Crippen LogP contribution is -2.29. The van der Waals surface area contributed by atoms with E-state index in [1.165, 1.54) is 11.3 Å². The van der Waals surface area contributed by atoms with Crippen LogP contribution in [0, 0.1) is 0 Å². The summed E-state index contributed by atoms with van der Waals surface area (Å²) in [5.74, 6) is -0.617. The summed E-state index contributed by atoms with van der Waals surface area (Å²) in [6, 6.07) is 1.75. The van der Waals surface area contributed by atoms with Crippen LogP contribution in [-0.2, 0) is 19.9 Å². The molecule has 16 heavy (non-hydrogen) atoms. The summed E-state index contributed by atoms with van der Waals surface area (Å²) in [7, 11) is 0. The Morgan fingerprint density at radius 2 is 2.38 bits per heavy atom. The molecule has 1 N–H and O–H groups in total. The van der Waals surface area contributed by atoms with Gasteiger partial charge in [-0.3, -0.25) is 4.79 Å². The molecular weight excluding hydrogens is 232 g/mol. The second-order valence-electron chi connectivity index (χ2n) is 3.34. The molecule has 1 aromatic rings. The maximum Gasteiger partial charge on any atom is 0.513 e. The Balaban J connectivity index is 2.23. The molecule has 0 saturated heterocycles. The van der Waals surface area contributed by atoms with Gasteiger partial charge in [-0.25, -0.2) is 4.79 Å². The fourth-order valence-corrected chi connectivity index (χ4v) is 2.15. The molecule has 0 aromatic carbocycles. The van der Waals surface area contributed by atoms with E-state index >= 15 is 0 Å². The first-order valence-electron chi connectivity index (χ1n) is 4.41. The molecule has 84 valence electrons. The smallest absolute Gasteiger partial charge is 0.449 e. The number of ether oxygens (including phenoxy) is 2. The Morgan fingerprint density at radius 1 is 1.62 bits per heavy atom. The summed E-state index contributed by atoms with van der Waals surface area (Å²) in [5.41, 5.74) is -0.493. The molecular formula is C10H8O5S. The van der Waals surface area contributed by atoms with Crippen molar-refractivity contribution in [2.45, 2.75) is 12.5 Å². The number of carbonyl (C=O) groups is 2. The average molecular weight is 240 g/mol. The number of rotatable bonds is 2. The van der Waals surface area contributed by atoms with Crippen LogP contribution in [0.3, 0.4) is 0 Å². The molecule has 0 radical (unpaired) electrons. The van der Waals surface area contributed by atoms with Crippen molar-refractivity contribution >= 4 is 23.3 Å². The SMILES string of the molecule is CC1(c2ccsc2)OC(OC(=O)O)=CC1=O. The van der Waals surface area contributed by atoms with Gasteiger partial charge in [0.15, 0.2) is 5.60 Å². The van der Waals surface area contributed by atoms with E-state index in [4.69, 9.17) is 9.84 Å². The van der Waals surface area contributed by atoms with Crippen LogP contribution in [0.2, 0.25) is 0 Å². The zero-order chi connectivity index (χ0) is 11.8. The normalized spacial score (nSPS) is 23.8. The number of hydrogen-bond donors (Lipinski definition) is 1. The van der Waals surface area contributed by atoms with E-state index in [1.807, 2.05) is 5.38 Å². The molecule has 1 aliphatic rings. The fraction of sp³-hybridized carbons (Fsp3) is 0.200. The van der Waals surface area contributed by atoms with Crippen molar-refractivity contribution in [1.82, 2.24) is 0 Å². The van der Waals surface area contributed by atoms with Gasteiger partial charge in [0, 0.05) is 5.56 Å². The van der Waals surface area contributed by atoms with Crippen molar-refractivity contribution in [3.8, 4) is 0 Å². The van der Waals surface area contributed by atoms with E-state index in [1.54, 1.807) is 18.4 Å². The first kappa shape index (κ1) is 10.7. The highest BCUT2D eigenvalue weighted by Crippen LogP contribution is 2.36. The molecule has 2 rings (SSSR count). The summed E-state index contributed by atoms with van der Waals surface area (Å²) in [6.07, 6.45) is -0.459. The monoisotopic (exact) mass is 240 g/mol. The number of hydrogen-bond acceptors (Lipinski definition) is 5. The van der Waals surface area contributed by atoms with E-state index in [9.17, 15) is 9.59 Å². The molecule has 0 fully saturated rings. The van der Waals surface area contributed by atoms with Crippen LogP contribution < -0.4 is 0 Å². The Kier molecular flexibility index (Phi) is 2.43. The summed E-state index contributed by atoms with van der Waals surface area (Å²) < 4.78 is 9.54. The van der Waals surface area contributed by atoms with Crippen molar-refractivity contribution < 1.29 is 24.2 Å². The van der Waals surface area contributed by atoms with Crippen LogP contribution in [-0.4, -0.2) is 17.0 Å². The Hall–Kier alpha value is -1.82. The van der Waals surface area contributed by atoms with Gasteiger partial charge in [0.25, 0.3) is 5.95 Å². The van der Waals surface area contributed by atoms with Crippen LogP contribution >= 0.6 is 11.3 Å². The molecule has 1 atom stereocenters. The molecule has 0 bridgehead atoms. The van der Waals surface area contributed by atoms with E-state index < -0.39 is 11.8 Å². The van der Waals surface area contributed by atoms with E-state index in [0.29, 0.717) is 5.56 Å². The highest BCUT2D eigenvalue weighted by Gasteiger charge is 2.43. The lowest BCUT2D eigenvalue weighted by Gasteiger charge is -2.21. The van der Waals surface area contributed by atoms with E-state index in [0.717, 1.165) is 6.08 Å². The minimum Gasteiger partial charge on any atom is -0.449 e. The Bertz CT molecular complexity index is 462. The molecule has 6 heteroatoms. The van der Waals surface area contributed by atoms with Crippen LogP contribution in [0.25, 0.3) is 0 Å². The largest absolute Gasteiger partial charge is 0.513 e. The van der Waals surface area contributed by atoms with Crippen LogP contribution in [0.1, 0.15) is 12.5 Å². The number of carboxylic acid groups (broad SMARTS) is 1. The Morgan fingerprint density at radius 3 is 2.94 bits per heavy atom. The minimum atomic E-state index is -1.51. The highest BCUT2D eigenvalue weighted by molar-refractivity contribution is 7.08. The number of carbonyl (C=O) groups excluding carboxylic acids is 1. The quantitative estimate of drug-likeness (QED) is 0.801. The lowest BCUT2D eigenvalue weighted by molar-refractivity contribution is -0.132. The third kappa shape index (κ3) is 1.67. The zero-order valence-corrected chi connectivity index (χ0v) is 9.11. The van der Waals surface area contributed by atoms with Crippen LogP contribution in [0.4, 0.5) is 4.79 Å². The highest BCUT2D eigenvalue weighted by atomic mass is 32.1. The van der Waals surface area contributed by atoms with Gasteiger partial charge in [-0.15, -0.1) is 0 Å². The molecule has 1 unspecified atom stereocenters. The number of ketones is 1. The van der Waals surface area contributed by atoms with Gasteiger partial charge in [0.2, 0.25) is 5.78 Å². The standard InChI is InChI=1S/C10H8O5S/c1-10(6-2-3-16-5-6)7(11)4-8(15-10)14-9(12)13/h2-5H,1H3,(H,12,13). The van der Waals surface area contributed by atoms with Crippen molar-refractivity contribution in [1.29, 1.82) is 0 Å². The molecule has 0 aliphatic carbocycles. The third-order valence-corrected chi connectivity index (χ3v) is 2.97. The lowest BCUT2D eigenvalue weighted by atomic mass is 9.95. The first-order valence-corrected chi connectivity index (χ1v) is 5.35. The molecule has 1 aromatic heterocycles. The molecule has 0 spiro atoms. The molecule has 0 saturated carbocycles. The first-order chi connectivity index (χ1) is 7.52.